The molecule has 1 aromatic carbocycles. The molecule has 1 aliphatic rings. The van der Waals surface area contributed by atoms with Gasteiger partial charge < -0.3 is 9.53 Å². The Balaban J connectivity index is 2.18. The van der Waals surface area contributed by atoms with Gasteiger partial charge in [-0.2, -0.15) is 0 Å². The largest absolute Gasteiger partial charge is 0.410 e. The lowest BCUT2D eigenvalue weighted by atomic mass is 9.72. The Hall–Kier alpha value is -1.49. The van der Waals surface area contributed by atoms with Crippen LogP contribution in [0.1, 0.15) is 133 Å². The molecule has 0 fully saturated rings. The van der Waals surface area contributed by atoms with Crippen LogP contribution in [0.3, 0.4) is 0 Å². The summed E-state index contributed by atoms with van der Waals surface area (Å²) in [5.41, 5.74) is 7.93. The van der Waals surface area contributed by atoms with Crippen LogP contribution in [0.5, 0.6) is 0 Å². The van der Waals surface area contributed by atoms with Crippen LogP contribution in [0.4, 0.5) is 0 Å². The number of aliphatic hydroxyl groups is 1. The minimum Gasteiger partial charge on any atom is -0.410 e. The molecular formula is C32H51NO2Si. The minimum absolute atomic E-state index is 0.00701. The van der Waals surface area contributed by atoms with Crippen LogP contribution >= 0.6 is 0 Å². The fourth-order valence-electron chi connectivity index (χ4n) is 5.26. The molecule has 1 aromatic heterocycles. The van der Waals surface area contributed by atoms with Crippen molar-refractivity contribution in [1.29, 1.82) is 0 Å². The number of pyridine rings is 1. The monoisotopic (exact) mass is 509 g/mol. The number of benzene rings is 1. The fourth-order valence-corrected chi connectivity index (χ4v) is 6.53. The van der Waals surface area contributed by atoms with Crippen LogP contribution in [-0.2, 0) is 16.3 Å². The summed E-state index contributed by atoms with van der Waals surface area (Å²) in [5, 5.41) is 11.9. The number of hydrogen-bond acceptors (Lipinski definition) is 3. The summed E-state index contributed by atoms with van der Waals surface area (Å²) < 4.78 is 7.10. The highest BCUT2D eigenvalue weighted by molar-refractivity contribution is 6.74. The van der Waals surface area contributed by atoms with E-state index in [1.165, 1.54) is 11.1 Å². The summed E-state index contributed by atoms with van der Waals surface area (Å²) >= 11 is 0. The van der Waals surface area contributed by atoms with Crippen molar-refractivity contribution < 1.29 is 9.53 Å². The van der Waals surface area contributed by atoms with E-state index in [0.29, 0.717) is 0 Å². The van der Waals surface area contributed by atoms with Gasteiger partial charge in [-0.15, -0.1) is 0 Å². The Morgan fingerprint density at radius 3 is 2.06 bits per heavy atom. The molecule has 1 heterocycles. The van der Waals surface area contributed by atoms with Gasteiger partial charge in [0.2, 0.25) is 0 Å². The van der Waals surface area contributed by atoms with Crippen molar-refractivity contribution in [3.63, 3.8) is 0 Å². The maximum absolute atomic E-state index is 11.8. The highest BCUT2D eigenvalue weighted by Crippen LogP contribution is 2.49. The molecule has 2 atom stereocenters. The van der Waals surface area contributed by atoms with E-state index < -0.39 is 14.4 Å². The van der Waals surface area contributed by atoms with Crippen LogP contribution in [0.25, 0.3) is 0 Å². The molecule has 1 N–H and O–H groups in total. The molecule has 0 aliphatic heterocycles. The first kappa shape index (κ1) is 29.1. The molecule has 2 aromatic rings. The summed E-state index contributed by atoms with van der Waals surface area (Å²) in [6.45, 7) is 29.5. The average Bonchev–Trinajstić information content (AvgIpc) is 2.70. The van der Waals surface area contributed by atoms with Crippen LogP contribution < -0.4 is 0 Å². The molecule has 0 saturated carbocycles. The fraction of sp³-hybridized carbons (Fsp3) is 0.656. The summed E-state index contributed by atoms with van der Waals surface area (Å²) in [6, 6.07) is 8.48. The lowest BCUT2D eigenvalue weighted by Crippen LogP contribution is -2.44. The Labute approximate surface area is 222 Å². The van der Waals surface area contributed by atoms with Gasteiger partial charge in [-0.1, -0.05) is 93.5 Å². The van der Waals surface area contributed by atoms with E-state index in [0.717, 1.165) is 40.9 Å². The molecule has 0 bridgehead atoms. The summed E-state index contributed by atoms with van der Waals surface area (Å²) in [6.07, 6.45) is 1.22. The van der Waals surface area contributed by atoms with Crippen molar-refractivity contribution in [1.82, 2.24) is 4.98 Å². The molecule has 0 radical (unpaired) electrons. The zero-order chi connectivity index (χ0) is 27.4. The summed E-state index contributed by atoms with van der Waals surface area (Å²) in [5.74, 6) is 0.220. The van der Waals surface area contributed by atoms with Gasteiger partial charge in [-0.3, -0.25) is 4.98 Å². The van der Waals surface area contributed by atoms with Gasteiger partial charge in [0.1, 0.15) is 6.10 Å². The second kappa shape index (κ2) is 9.67. The SMILES string of the molecule is Cc1c2c(nc(C(C)C)c1C(O)c1ccc(C(C)(C)C)cc1)CC(C)(C)CC2O[Si](C)(C)C(C)(C)C. The zero-order valence-corrected chi connectivity index (χ0v) is 26.3. The number of nitrogens with zero attached hydrogens (tertiary/aromatic N) is 1. The van der Waals surface area contributed by atoms with E-state index in [2.05, 4.69) is 114 Å². The van der Waals surface area contributed by atoms with Gasteiger partial charge in [0.25, 0.3) is 0 Å². The van der Waals surface area contributed by atoms with Gasteiger partial charge in [0, 0.05) is 22.5 Å². The Kier molecular flexibility index (Phi) is 7.81. The van der Waals surface area contributed by atoms with E-state index in [4.69, 9.17) is 9.41 Å². The molecule has 2 unspecified atom stereocenters. The van der Waals surface area contributed by atoms with Gasteiger partial charge in [0.15, 0.2) is 8.32 Å². The molecule has 1 aliphatic carbocycles. The molecule has 200 valence electrons. The van der Waals surface area contributed by atoms with Gasteiger partial charge in [-0.05, 0) is 71.3 Å². The molecule has 3 rings (SSSR count). The van der Waals surface area contributed by atoms with Crippen LogP contribution in [0, 0.1) is 12.3 Å². The van der Waals surface area contributed by atoms with E-state index in [1.54, 1.807) is 0 Å². The highest BCUT2D eigenvalue weighted by Gasteiger charge is 2.44. The predicted molar refractivity (Wildman–Crippen MR) is 155 cm³/mol. The van der Waals surface area contributed by atoms with E-state index in [1.807, 2.05) is 0 Å². The van der Waals surface area contributed by atoms with Gasteiger partial charge in [0.05, 0.1) is 6.10 Å². The summed E-state index contributed by atoms with van der Waals surface area (Å²) in [7, 11) is -2.00. The Morgan fingerprint density at radius 2 is 1.58 bits per heavy atom. The Morgan fingerprint density at radius 1 is 1.03 bits per heavy atom. The first-order valence-corrected chi connectivity index (χ1v) is 16.7. The van der Waals surface area contributed by atoms with Crippen molar-refractivity contribution >= 4 is 8.32 Å². The molecule has 3 nitrogen and oxygen atoms in total. The lowest BCUT2D eigenvalue weighted by Gasteiger charge is -2.45. The first-order valence-electron chi connectivity index (χ1n) is 13.7. The van der Waals surface area contributed by atoms with Gasteiger partial charge >= 0.3 is 0 Å². The highest BCUT2D eigenvalue weighted by atomic mass is 28.4. The maximum atomic E-state index is 11.8. The first-order chi connectivity index (χ1) is 16.2. The zero-order valence-electron chi connectivity index (χ0n) is 25.3. The van der Waals surface area contributed by atoms with Crippen LogP contribution in [0.2, 0.25) is 18.1 Å². The standard InChI is InChI=1S/C32H51NO2Si/c1-20(2)28-27(29(34)22-14-16-23(17-15-22)30(4,5)6)21(3)26-24(33-28)18-32(10,11)19-25(26)35-36(12,13)31(7,8)9/h14-17,20,25,29,34H,18-19H2,1-13H3. The maximum Gasteiger partial charge on any atom is 0.192 e. The smallest absolute Gasteiger partial charge is 0.192 e. The molecule has 36 heavy (non-hydrogen) atoms. The second-order valence-corrected chi connectivity index (χ2v) is 19.5. The normalized spacial score (nSPS) is 19.4. The van der Waals surface area contributed by atoms with Crippen molar-refractivity contribution in [2.75, 3.05) is 0 Å². The van der Waals surface area contributed by atoms with Crippen molar-refractivity contribution in [3.8, 4) is 0 Å². The van der Waals surface area contributed by atoms with E-state index in [-0.39, 0.29) is 27.9 Å². The lowest BCUT2D eigenvalue weighted by molar-refractivity contribution is 0.105. The molecule has 0 amide bonds. The van der Waals surface area contributed by atoms with Crippen LogP contribution in [0.15, 0.2) is 24.3 Å². The minimum atomic E-state index is -2.00. The second-order valence-electron chi connectivity index (χ2n) is 14.7. The predicted octanol–water partition coefficient (Wildman–Crippen LogP) is 8.93. The third kappa shape index (κ3) is 5.81. The topological polar surface area (TPSA) is 42.4 Å². The number of hydrogen-bond donors (Lipinski definition) is 1. The van der Waals surface area contributed by atoms with E-state index in [9.17, 15) is 5.11 Å². The number of fused-ring (bicyclic) bond motifs is 1. The van der Waals surface area contributed by atoms with Crippen molar-refractivity contribution in [2.45, 2.75) is 131 Å². The van der Waals surface area contributed by atoms with Crippen molar-refractivity contribution in [2.24, 2.45) is 5.41 Å². The molecule has 0 saturated heterocycles. The molecule has 0 spiro atoms. The molecular weight excluding hydrogens is 458 g/mol. The summed E-state index contributed by atoms with van der Waals surface area (Å²) in [4.78, 5) is 5.29. The van der Waals surface area contributed by atoms with Crippen LogP contribution in [-0.4, -0.2) is 18.4 Å². The average molecular weight is 510 g/mol. The van der Waals surface area contributed by atoms with Crippen molar-refractivity contribution in [3.05, 3.63) is 63.5 Å². The van der Waals surface area contributed by atoms with Gasteiger partial charge in [-0.25, -0.2) is 0 Å². The number of aromatic nitrogens is 1. The number of aliphatic hydroxyl groups excluding tert-OH is 1. The van der Waals surface area contributed by atoms with E-state index >= 15 is 0 Å². The Bertz CT molecular complexity index is 1090. The third-order valence-corrected chi connectivity index (χ3v) is 13.0. The number of rotatable bonds is 5. The quantitative estimate of drug-likeness (QED) is 0.409. The molecule has 4 heteroatoms. The third-order valence-electron chi connectivity index (χ3n) is 8.51.